The average Bonchev–Trinajstić information content (AvgIpc) is 2.79. The smallest absolute Gasteiger partial charge is 0.251 e. The molecule has 2 aromatic carbocycles. The van der Waals surface area contributed by atoms with Gasteiger partial charge in [-0.2, -0.15) is 0 Å². The number of piperidine rings is 1. The molecule has 1 aliphatic heterocycles. The molecule has 2 aromatic rings. The van der Waals surface area contributed by atoms with Crippen LogP contribution in [0, 0.1) is 11.3 Å². The molecule has 0 spiro atoms. The van der Waals surface area contributed by atoms with E-state index in [-0.39, 0.29) is 17.9 Å². The summed E-state index contributed by atoms with van der Waals surface area (Å²) < 4.78 is 0. The Morgan fingerprint density at radius 2 is 1.61 bits per heavy atom. The molecular weight excluding hydrogens is 459 g/mol. The van der Waals surface area contributed by atoms with Crippen molar-refractivity contribution in [3.8, 4) is 0 Å². The quantitative estimate of drug-likeness (QED) is 0.578. The van der Waals surface area contributed by atoms with Gasteiger partial charge in [-0.1, -0.05) is 63.0 Å². The molecule has 2 amide bonds. The molecule has 0 radical (unpaired) electrons. The highest BCUT2D eigenvalue weighted by Gasteiger charge is 2.50. The molecule has 1 fully saturated rings. The van der Waals surface area contributed by atoms with E-state index < -0.39 is 16.9 Å². The Bertz CT molecular complexity index is 992. The van der Waals surface area contributed by atoms with Crippen molar-refractivity contribution in [2.24, 2.45) is 11.3 Å². The van der Waals surface area contributed by atoms with Gasteiger partial charge in [-0.25, -0.2) is 0 Å². The Hall–Kier alpha value is -2.08. The standard InChI is InChI=1S/C26H32Cl2N2O3/c1-5-22(29-23(31)18-6-10-20(27)11-7-18)17(2)24(32)30-15-14-26(33,25(3,4)16-30)19-8-12-21(28)13-9-19/h6-13,17,22,33H,5,14-16H2,1-4H3,(H,29,31)/t17?,22?,26-/m0/s1. The number of nitrogens with zero attached hydrogens (tertiary/aromatic N) is 1. The molecule has 1 aliphatic rings. The number of carbonyl (C=O) groups excluding carboxylic acids is 2. The summed E-state index contributed by atoms with van der Waals surface area (Å²) in [6, 6.07) is 13.6. The molecule has 0 bridgehead atoms. The Morgan fingerprint density at radius 1 is 1.06 bits per heavy atom. The minimum Gasteiger partial charge on any atom is -0.384 e. The highest BCUT2D eigenvalue weighted by molar-refractivity contribution is 6.30. The van der Waals surface area contributed by atoms with E-state index in [2.05, 4.69) is 5.32 Å². The lowest BCUT2D eigenvalue weighted by molar-refractivity contribution is -0.156. The summed E-state index contributed by atoms with van der Waals surface area (Å²) in [5.41, 5.74) is -0.323. The van der Waals surface area contributed by atoms with E-state index in [1.165, 1.54) is 0 Å². The van der Waals surface area contributed by atoms with Gasteiger partial charge in [-0.05, 0) is 54.8 Å². The minimum atomic E-state index is -1.06. The minimum absolute atomic E-state index is 0.0236. The number of hydrogen-bond acceptors (Lipinski definition) is 3. The van der Waals surface area contributed by atoms with Crippen molar-refractivity contribution in [2.75, 3.05) is 13.1 Å². The summed E-state index contributed by atoms with van der Waals surface area (Å²) in [6.07, 6.45) is 1.05. The second-order valence-corrected chi connectivity index (χ2v) is 10.4. The number of nitrogens with one attached hydrogen (secondary N) is 1. The Labute approximate surface area is 206 Å². The monoisotopic (exact) mass is 490 g/mol. The first-order valence-electron chi connectivity index (χ1n) is 11.3. The van der Waals surface area contributed by atoms with Crippen molar-refractivity contribution in [3.05, 3.63) is 69.7 Å². The highest BCUT2D eigenvalue weighted by atomic mass is 35.5. The van der Waals surface area contributed by atoms with E-state index in [1.54, 1.807) is 36.4 Å². The van der Waals surface area contributed by atoms with Crippen LogP contribution in [0.5, 0.6) is 0 Å². The van der Waals surface area contributed by atoms with E-state index in [4.69, 9.17) is 23.2 Å². The second-order valence-electron chi connectivity index (χ2n) is 9.54. The fourth-order valence-corrected chi connectivity index (χ4v) is 4.92. The SMILES string of the molecule is CCC(NC(=O)c1ccc(Cl)cc1)C(C)C(=O)N1CC[C@](O)(c2ccc(Cl)cc2)C(C)(C)C1. The number of amides is 2. The van der Waals surface area contributed by atoms with Gasteiger partial charge in [-0.15, -0.1) is 0 Å². The molecule has 3 rings (SSSR count). The van der Waals surface area contributed by atoms with Crippen LogP contribution in [0.4, 0.5) is 0 Å². The van der Waals surface area contributed by atoms with Gasteiger partial charge in [0.2, 0.25) is 5.91 Å². The molecule has 33 heavy (non-hydrogen) atoms. The average molecular weight is 491 g/mol. The van der Waals surface area contributed by atoms with Crippen LogP contribution in [-0.2, 0) is 10.4 Å². The van der Waals surface area contributed by atoms with E-state index in [0.29, 0.717) is 41.5 Å². The first-order chi connectivity index (χ1) is 15.5. The van der Waals surface area contributed by atoms with E-state index in [0.717, 1.165) is 5.56 Å². The molecule has 2 N–H and O–H groups in total. The molecule has 1 heterocycles. The number of aliphatic hydroxyl groups is 1. The van der Waals surface area contributed by atoms with Crippen LogP contribution in [0.2, 0.25) is 10.0 Å². The Balaban J connectivity index is 1.70. The van der Waals surface area contributed by atoms with Crippen molar-refractivity contribution in [3.63, 3.8) is 0 Å². The van der Waals surface area contributed by atoms with Crippen molar-refractivity contribution in [1.29, 1.82) is 0 Å². The molecule has 0 aromatic heterocycles. The fourth-order valence-electron chi connectivity index (χ4n) is 4.66. The summed E-state index contributed by atoms with van der Waals surface area (Å²) in [6.45, 7) is 8.61. The highest BCUT2D eigenvalue weighted by Crippen LogP contribution is 2.46. The summed E-state index contributed by atoms with van der Waals surface area (Å²) in [7, 11) is 0. The van der Waals surface area contributed by atoms with Gasteiger partial charge < -0.3 is 15.3 Å². The maximum atomic E-state index is 13.4. The van der Waals surface area contributed by atoms with Gasteiger partial charge >= 0.3 is 0 Å². The predicted octanol–water partition coefficient (Wildman–Crippen LogP) is 5.28. The molecule has 7 heteroatoms. The first kappa shape index (κ1) is 25.5. The number of benzene rings is 2. The largest absolute Gasteiger partial charge is 0.384 e. The van der Waals surface area contributed by atoms with Gasteiger partial charge in [0.1, 0.15) is 0 Å². The Morgan fingerprint density at radius 3 is 2.12 bits per heavy atom. The van der Waals surface area contributed by atoms with Crippen molar-refractivity contribution >= 4 is 35.0 Å². The first-order valence-corrected chi connectivity index (χ1v) is 12.1. The molecule has 1 saturated heterocycles. The zero-order valence-electron chi connectivity index (χ0n) is 19.6. The van der Waals surface area contributed by atoms with Crippen LogP contribution in [0.3, 0.4) is 0 Å². The van der Waals surface area contributed by atoms with Crippen LogP contribution in [0.1, 0.15) is 56.5 Å². The maximum Gasteiger partial charge on any atom is 0.251 e. The van der Waals surface area contributed by atoms with Gasteiger partial charge in [0.15, 0.2) is 0 Å². The zero-order valence-corrected chi connectivity index (χ0v) is 21.1. The van der Waals surface area contributed by atoms with Gasteiger partial charge in [-0.3, -0.25) is 9.59 Å². The summed E-state index contributed by atoms with van der Waals surface area (Å²) in [4.78, 5) is 27.9. The van der Waals surface area contributed by atoms with Crippen molar-refractivity contribution in [2.45, 2.75) is 52.2 Å². The molecule has 5 nitrogen and oxygen atoms in total. The third-order valence-corrected chi connectivity index (χ3v) is 7.44. The summed E-state index contributed by atoms with van der Waals surface area (Å²) in [5.74, 6) is -0.650. The maximum absolute atomic E-state index is 13.4. The van der Waals surface area contributed by atoms with E-state index >= 15 is 0 Å². The van der Waals surface area contributed by atoms with Crippen LogP contribution in [-0.4, -0.2) is 41.0 Å². The number of hydrogen-bond donors (Lipinski definition) is 2. The molecule has 2 unspecified atom stereocenters. The zero-order chi connectivity index (χ0) is 24.4. The van der Waals surface area contributed by atoms with Gasteiger partial charge in [0.25, 0.3) is 5.91 Å². The lowest BCUT2D eigenvalue weighted by atomic mass is 9.66. The summed E-state index contributed by atoms with van der Waals surface area (Å²) >= 11 is 11.9. The molecule has 0 aliphatic carbocycles. The molecule has 178 valence electrons. The normalized spacial score (nSPS) is 21.8. The van der Waals surface area contributed by atoms with Gasteiger partial charge in [0, 0.05) is 40.2 Å². The fraction of sp³-hybridized carbons (Fsp3) is 0.462. The third kappa shape index (κ3) is 5.37. The lowest BCUT2D eigenvalue weighted by Gasteiger charge is -2.51. The Kier molecular flexibility index (Phi) is 7.77. The van der Waals surface area contributed by atoms with Gasteiger partial charge in [0.05, 0.1) is 11.5 Å². The van der Waals surface area contributed by atoms with Crippen LogP contribution >= 0.6 is 23.2 Å². The number of rotatable bonds is 6. The van der Waals surface area contributed by atoms with Crippen LogP contribution in [0.15, 0.2) is 48.5 Å². The number of carbonyl (C=O) groups is 2. The van der Waals surface area contributed by atoms with Crippen molar-refractivity contribution < 1.29 is 14.7 Å². The van der Waals surface area contributed by atoms with E-state index in [1.807, 2.05) is 44.7 Å². The third-order valence-electron chi connectivity index (χ3n) is 6.94. The second kappa shape index (κ2) is 10.0. The van der Waals surface area contributed by atoms with Crippen LogP contribution in [0.25, 0.3) is 0 Å². The predicted molar refractivity (Wildman–Crippen MR) is 132 cm³/mol. The van der Waals surface area contributed by atoms with E-state index in [9.17, 15) is 14.7 Å². The van der Waals surface area contributed by atoms with Crippen molar-refractivity contribution in [1.82, 2.24) is 10.2 Å². The molecule has 3 atom stereocenters. The molecular formula is C26H32Cl2N2O3. The molecule has 0 saturated carbocycles. The topological polar surface area (TPSA) is 69.6 Å². The lowest BCUT2D eigenvalue weighted by Crippen LogP contribution is -2.58. The summed E-state index contributed by atoms with van der Waals surface area (Å²) in [5, 5.41) is 15.8. The number of likely N-dealkylation sites (tertiary alicyclic amines) is 1. The van der Waals surface area contributed by atoms with Crippen LogP contribution < -0.4 is 5.32 Å². The number of halogens is 2.